The van der Waals surface area contributed by atoms with Crippen LogP contribution in [0.4, 0.5) is 5.69 Å². The molecule has 2 heteroatoms. The quantitative estimate of drug-likeness (QED) is 0.840. The number of rotatable bonds is 5. The Balaban J connectivity index is 2.21. The van der Waals surface area contributed by atoms with Gasteiger partial charge in [-0.05, 0) is 17.7 Å². The lowest BCUT2D eigenvalue weighted by molar-refractivity contribution is 0.222. The van der Waals surface area contributed by atoms with Crippen molar-refractivity contribution in [3.8, 4) is 0 Å². The molecule has 0 bridgehead atoms. The Hall–Kier alpha value is -1.80. The molecule has 0 aliphatic rings. The second-order valence-electron chi connectivity index (χ2n) is 4.56. The van der Waals surface area contributed by atoms with Crippen LogP contribution in [0.5, 0.6) is 0 Å². The molecule has 0 amide bonds. The summed E-state index contributed by atoms with van der Waals surface area (Å²) in [6, 6.07) is 20.5. The van der Waals surface area contributed by atoms with Gasteiger partial charge in [0.1, 0.15) is 0 Å². The molecule has 0 fully saturated rings. The molecule has 0 radical (unpaired) electrons. The van der Waals surface area contributed by atoms with Gasteiger partial charge in [-0.1, -0.05) is 55.5 Å². The van der Waals surface area contributed by atoms with Crippen molar-refractivity contribution >= 4 is 5.69 Å². The molecule has 2 rings (SSSR count). The molecule has 0 heterocycles. The largest absolute Gasteiger partial charge is 0.396 e. The Morgan fingerprint density at radius 1 is 0.944 bits per heavy atom. The molecular weight excluding hydrogens is 222 g/mol. The monoisotopic (exact) mass is 241 g/mol. The fourth-order valence-corrected chi connectivity index (χ4v) is 2.03. The maximum atomic E-state index is 9.40. The zero-order chi connectivity index (χ0) is 12.8. The maximum Gasteiger partial charge on any atom is 0.0561 e. The Labute approximate surface area is 108 Å². The Bertz CT molecular complexity index is 455. The number of aliphatic hydroxyl groups excluding tert-OH is 1. The van der Waals surface area contributed by atoms with Crippen molar-refractivity contribution in [2.75, 3.05) is 11.9 Å². The summed E-state index contributed by atoms with van der Waals surface area (Å²) in [7, 11) is 0. The third-order valence-electron chi connectivity index (χ3n) is 3.11. The first kappa shape index (κ1) is 12.7. The van der Waals surface area contributed by atoms with E-state index in [9.17, 15) is 5.11 Å². The number of hydrogen-bond acceptors (Lipinski definition) is 2. The van der Waals surface area contributed by atoms with Gasteiger partial charge in [-0.25, -0.2) is 0 Å². The van der Waals surface area contributed by atoms with E-state index in [0.29, 0.717) is 0 Å². The third kappa shape index (κ3) is 3.11. The second kappa shape index (κ2) is 6.22. The minimum absolute atomic E-state index is 0.124. The van der Waals surface area contributed by atoms with Crippen molar-refractivity contribution in [1.29, 1.82) is 0 Å². The fourth-order valence-electron chi connectivity index (χ4n) is 2.03. The van der Waals surface area contributed by atoms with Crippen LogP contribution in [0.15, 0.2) is 60.7 Å². The lowest BCUT2D eigenvalue weighted by Crippen LogP contribution is -2.21. The summed E-state index contributed by atoms with van der Waals surface area (Å²) in [5.41, 5.74) is 2.27. The molecule has 2 atom stereocenters. The van der Waals surface area contributed by atoms with Gasteiger partial charge in [0.15, 0.2) is 0 Å². The van der Waals surface area contributed by atoms with E-state index >= 15 is 0 Å². The average Bonchev–Trinajstić information content (AvgIpc) is 2.46. The van der Waals surface area contributed by atoms with Crippen LogP contribution < -0.4 is 5.32 Å². The molecule has 94 valence electrons. The number of hydrogen-bond donors (Lipinski definition) is 2. The van der Waals surface area contributed by atoms with Crippen molar-refractivity contribution < 1.29 is 5.11 Å². The number of anilines is 1. The molecule has 18 heavy (non-hydrogen) atoms. The van der Waals surface area contributed by atoms with E-state index in [4.69, 9.17) is 0 Å². The Morgan fingerprint density at radius 3 is 2.06 bits per heavy atom. The molecule has 0 unspecified atom stereocenters. The Morgan fingerprint density at radius 2 is 1.50 bits per heavy atom. The van der Waals surface area contributed by atoms with E-state index in [1.807, 2.05) is 55.5 Å². The first-order valence-corrected chi connectivity index (χ1v) is 6.28. The molecule has 0 aliphatic carbocycles. The first-order valence-electron chi connectivity index (χ1n) is 6.28. The molecule has 0 aliphatic heterocycles. The van der Waals surface area contributed by atoms with Crippen LogP contribution in [-0.4, -0.2) is 11.7 Å². The summed E-state index contributed by atoms with van der Waals surface area (Å²) in [5, 5.41) is 12.9. The number of aliphatic hydroxyl groups is 1. The van der Waals surface area contributed by atoms with Gasteiger partial charge in [0, 0.05) is 18.2 Å². The minimum Gasteiger partial charge on any atom is -0.396 e. The van der Waals surface area contributed by atoms with E-state index in [1.54, 1.807) is 0 Å². The van der Waals surface area contributed by atoms with Crippen molar-refractivity contribution in [1.82, 2.24) is 0 Å². The first-order chi connectivity index (χ1) is 8.81. The predicted octanol–water partition coefficient (Wildman–Crippen LogP) is 3.47. The third-order valence-corrected chi connectivity index (χ3v) is 3.11. The summed E-state index contributed by atoms with van der Waals surface area (Å²) in [6.07, 6.45) is 0. The SMILES string of the molecule is C[C@H](CO)[C@H](Nc1ccccc1)c1ccccc1. The number of para-hydroxylation sites is 1. The molecule has 2 aromatic rings. The van der Waals surface area contributed by atoms with Crippen LogP contribution in [0.1, 0.15) is 18.5 Å². The summed E-state index contributed by atoms with van der Waals surface area (Å²) >= 11 is 0. The van der Waals surface area contributed by atoms with Crippen LogP contribution in [0.3, 0.4) is 0 Å². The molecule has 0 saturated carbocycles. The highest BCUT2D eigenvalue weighted by Gasteiger charge is 2.18. The molecule has 0 aromatic heterocycles. The van der Waals surface area contributed by atoms with Gasteiger partial charge in [-0.2, -0.15) is 0 Å². The molecule has 0 spiro atoms. The van der Waals surface area contributed by atoms with E-state index < -0.39 is 0 Å². The van der Waals surface area contributed by atoms with Crippen molar-refractivity contribution in [2.45, 2.75) is 13.0 Å². The van der Waals surface area contributed by atoms with E-state index in [2.05, 4.69) is 17.4 Å². The topological polar surface area (TPSA) is 32.3 Å². The van der Waals surface area contributed by atoms with E-state index in [-0.39, 0.29) is 18.6 Å². The summed E-state index contributed by atoms with van der Waals surface area (Å²) in [5.74, 6) is 0.160. The highest BCUT2D eigenvalue weighted by Crippen LogP contribution is 2.26. The van der Waals surface area contributed by atoms with E-state index in [1.165, 1.54) is 5.56 Å². The lowest BCUT2D eigenvalue weighted by atomic mass is 9.95. The van der Waals surface area contributed by atoms with Gasteiger partial charge in [0.25, 0.3) is 0 Å². The molecule has 2 nitrogen and oxygen atoms in total. The summed E-state index contributed by atoms with van der Waals surface area (Å²) < 4.78 is 0. The lowest BCUT2D eigenvalue weighted by Gasteiger charge is -2.25. The van der Waals surface area contributed by atoms with Gasteiger partial charge in [0.05, 0.1) is 6.04 Å². The molecule has 2 aromatic carbocycles. The van der Waals surface area contributed by atoms with Gasteiger partial charge in [-0.3, -0.25) is 0 Å². The van der Waals surface area contributed by atoms with Crippen molar-refractivity contribution in [3.63, 3.8) is 0 Å². The predicted molar refractivity (Wildman–Crippen MR) is 75.5 cm³/mol. The Kier molecular flexibility index (Phi) is 4.37. The molecule has 0 saturated heterocycles. The van der Waals surface area contributed by atoms with Gasteiger partial charge in [0.2, 0.25) is 0 Å². The van der Waals surface area contributed by atoms with Crippen LogP contribution in [0, 0.1) is 5.92 Å². The number of benzene rings is 2. The zero-order valence-corrected chi connectivity index (χ0v) is 10.6. The van der Waals surface area contributed by atoms with E-state index in [0.717, 1.165) is 5.69 Å². The van der Waals surface area contributed by atoms with Gasteiger partial charge < -0.3 is 10.4 Å². The smallest absolute Gasteiger partial charge is 0.0561 e. The average molecular weight is 241 g/mol. The molecule has 2 N–H and O–H groups in total. The highest BCUT2D eigenvalue weighted by atomic mass is 16.3. The fraction of sp³-hybridized carbons (Fsp3) is 0.250. The zero-order valence-electron chi connectivity index (χ0n) is 10.6. The van der Waals surface area contributed by atoms with Gasteiger partial charge in [-0.15, -0.1) is 0 Å². The number of nitrogens with one attached hydrogen (secondary N) is 1. The van der Waals surface area contributed by atoms with Crippen molar-refractivity contribution in [3.05, 3.63) is 66.2 Å². The minimum atomic E-state index is 0.124. The van der Waals surface area contributed by atoms with Crippen LogP contribution in [0.25, 0.3) is 0 Å². The van der Waals surface area contributed by atoms with Crippen LogP contribution in [-0.2, 0) is 0 Å². The highest BCUT2D eigenvalue weighted by molar-refractivity contribution is 5.45. The standard InChI is InChI=1S/C16H19NO/c1-13(12-18)16(14-8-4-2-5-9-14)17-15-10-6-3-7-11-15/h2-11,13,16-18H,12H2,1H3/t13-,16+/m1/s1. The molecular formula is C16H19NO. The normalized spacial score (nSPS) is 13.9. The summed E-state index contributed by atoms with van der Waals surface area (Å²) in [4.78, 5) is 0. The summed E-state index contributed by atoms with van der Waals surface area (Å²) in [6.45, 7) is 2.22. The second-order valence-corrected chi connectivity index (χ2v) is 4.56. The van der Waals surface area contributed by atoms with Crippen molar-refractivity contribution in [2.24, 2.45) is 5.92 Å². The van der Waals surface area contributed by atoms with Gasteiger partial charge >= 0.3 is 0 Å². The van der Waals surface area contributed by atoms with Crippen LogP contribution in [0.2, 0.25) is 0 Å². The van der Waals surface area contributed by atoms with Crippen LogP contribution >= 0.6 is 0 Å². The maximum absolute atomic E-state index is 9.40.